The van der Waals surface area contributed by atoms with Crippen LogP contribution in [-0.2, 0) is 0 Å². The molecule has 0 unspecified atom stereocenters. The van der Waals surface area contributed by atoms with Crippen LogP contribution >= 0.6 is 0 Å². The van der Waals surface area contributed by atoms with Gasteiger partial charge in [-0.1, -0.05) is 0 Å². The lowest BCUT2D eigenvalue weighted by Crippen LogP contribution is -2.43. The van der Waals surface area contributed by atoms with E-state index in [0.29, 0.717) is 28.0 Å². The number of piperazine rings is 1. The highest BCUT2D eigenvalue weighted by Crippen LogP contribution is 2.27. The Morgan fingerprint density at radius 1 is 1.17 bits per heavy atom. The lowest BCUT2D eigenvalue weighted by Gasteiger charge is -2.29. The van der Waals surface area contributed by atoms with Gasteiger partial charge in [-0.05, 0) is 19.1 Å². The lowest BCUT2D eigenvalue weighted by molar-refractivity contribution is 0.102. The molecule has 1 aliphatic rings. The number of aromatic nitrogens is 5. The fourth-order valence-corrected chi connectivity index (χ4v) is 3.71. The number of aryl methyl sites for hydroxylation is 1. The second-order valence-corrected chi connectivity index (χ2v) is 7.03. The number of nitrogens with zero attached hydrogens (tertiary/aromatic N) is 5. The number of benzene rings is 1. The van der Waals surface area contributed by atoms with E-state index in [-0.39, 0.29) is 11.6 Å². The van der Waals surface area contributed by atoms with Crippen molar-refractivity contribution in [3.63, 3.8) is 0 Å². The Morgan fingerprint density at radius 3 is 2.79 bits per heavy atom. The number of carbonyl (C=O) groups is 1. The Hall–Kier alpha value is -3.53. The smallest absolute Gasteiger partial charge is 0.258 e. The number of imidazole rings is 1. The largest absolute Gasteiger partial charge is 0.367 e. The van der Waals surface area contributed by atoms with Crippen molar-refractivity contribution in [3.8, 4) is 0 Å². The highest BCUT2D eigenvalue weighted by Gasteiger charge is 2.20. The first-order valence-electron chi connectivity index (χ1n) is 9.35. The fourth-order valence-electron chi connectivity index (χ4n) is 3.71. The number of anilines is 2. The Bertz CT molecular complexity index is 1220. The number of nitrogens with one attached hydrogen (secondary N) is 3. The monoisotopic (exact) mass is 394 g/mol. The molecule has 1 amide bonds. The van der Waals surface area contributed by atoms with Gasteiger partial charge in [-0.2, -0.15) is 15.4 Å². The molecule has 0 spiro atoms. The second kappa shape index (κ2) is 6.82. The zero-order chi connectivity index (χ0) is 20.0. The molecule has 1 saturated heterocycles. The zero-order valence-electron chi connectivity index (χ0n) is 15.7. The molecule has 148 valence electrons. The van der Waals surface area contributed by atoms with Gasteiger partial charge in [0.2, 0.25) is 0 Å². The van der Waals surface area contributed by atoms with Gasteiger partial charge in [-0.3, -0.25) is 4.79 Å². The molecule has 3 N–H and O–H groups in total. The molecule has 0 radical (unpaired) electrons. The van der Waals surface area contributed by atoms with E-state index < -0.39 is 5.82 Å². The first kappa shape index (κ1) is 17.6. The summed E-state index contributed by atoms with van der Waals surface area (Å²) in [7, 11) is 0. The van der Waals surface area contributed by atoms with Gasteiger partial charge in [0.1, 0.15) is 11.0 Å². The molecule has 3 aromatic heterocycles. The third-order valence-corrected chi connectivity index (χ3v) is 5.04. The van der Waals surface area contributed by atoms with Crippen molar-refractivity contribution in [2.45, 2.75) is 6.92 Å². The SMILES string of the molecule is Cc1cn2cc(NC(=O)c3ccc(N4CCNCC4)c4n[nH]nc34)cc(F)c2n1. The van der Waals surface area contributed by atoms with Gasteiger partial charge in [0.15, 0.2) is 11.5 Å². The van der Waals surface area contributed by atoms with Gasteiger partial charge in [0.05, 0.1) is 22.6 Å². The van der Waals surface area contributed by atoms with Crippen LogP contribution in [0.25, 0.3) is 16.7 Å². The standard InChI is InChI=1S/C19H19FN8O/c1-11-9-28-10-12(8-14(20)18(28)22-11)23-19(29)13-2-3-15(17-16(13)24-26-25-17)27-6-4-21-5-7-27/h2-3,8-10,21H,4-7H2,1H3,(H,23,29)(H,24,25,26). The van der Waals surface area contributed by atoms with Gasteiger partial charge in [0, 0.05) is 44.6 Å². The van der Waals surface area contributed by atoms with Crippen LogP contribution in [0, 0.1) is 12.7 Å². The van der Waals surface area contributed by atoms with Crippen LogP contribution < -0.4 is 15.5 Å². The van der Waals surface area contributed by atoms with Crippen molar-refractivity contribution in [1.82, 2.24) is 30.1 Å². The Balaban J connectivity index is 1.48. The number of fused-ring (bicyclic) bond motifs is 2. The molecule has 1 aromatic carbocycles. The van der Waals surface area contributed by atoms with Crippen LogP contribution in [0.5, 0.6) is 0 Å². The number of hydrogen-bond donors (Lipinski definition) is 3. The lowest BCUT2D eigenvalue weighted by atomic mass is 10.1. The highest BCUT2D eigenvalue weighted by molar-refractivity contribution is 6.13. The molecule has 10 heteroatoms. The summed E-state index contributed by atoms with van der Waals surface area (Å²) >= 11 is 0. The summed E-state index contributed by atoms with van der Waals surface area (Å²) in [5, 5.41) is 17.1. The van der Waals surface area contributed by atoms with E-state index in [1.807, 2.05) is 6.07 Å². The van der Waals surface area contributed by atoms with Gasteiger partial charge in [-0.25, -0.2) is 9.37 Å². The second-order valence-electron chi connectivity index (χ2n) is 7.03. The van der Waals surface area contributed by atoms with Gasteiger partial charge in [0.25, 0.3) is 5.91 Å². The molecular weight excluding hydrogens is 375 g/mol. The summed E-state index contributed by atoms with van der Waals surface area (Å²) in [5.74, 6) is -0.886. The summed E-state index contributed by atoms with van der Waals surface area (Å²) in [6.45, 7) is 5.28. The Labute approximate surface area is 164 Å². The van der Waals surface area contributed by atoms with E-state index in [9.17, 15) is 9.18 Å². The van der Waals surface area contributed by atoms with Crippen LogP contribution in [0.3, 0.4) is 0 Å². The number of H-pyrrole nitrogens is 1. The van der Waals surface area contributed by atoms with Crippen molar-refractivity contribution in [2.24, 2.45) is 0 Å². The van der Waals surface area contributed by atoms with Gasteiger partial charge >= 0.3 is 0 Å². The normalized spacial score (nSPS) is 14.6. The summed E-state index contributed by atoms with van der Waals surface area (Å²) in [6.07, 6.45) is 3.33. The number of hydrogen-bond acceptors (Lipinski definition) is 6. The predicted molar refractivity (Wildman–Crippen MR) is 107 cm³/mol. The Kier molecular flexibility index (Phi) is 4.13. The third kappa shape index (κ3) is 3.07. The first-order chi connectivity index (χ1) is 14.1. The van der Waals surface area contributed by atoms with E-state index in [0.717, 1.165) is 31.9 Å². The topological polar surface area (TPSA) is 103 Å². The highest BCUT2D eigenvalue weighted by atomic mass is 19.1. The minimum atomic E-state index is -0.503. The van der Waals surface area contributed by atoms with E-state index in [2.05, 4.69) is 35.9 Å². The summed E-state index contributed by atoms with van der Waals surface area (Å²) < 4.78 is 15.9. The first-order valence-corrected chi connectivity index (χ1v) is 9.35. The maximum atomic E-state index is 14.3. The van der Waals surface area contributed by atoms with Crippen molar-refractivity contribution >= 4 is 34.0 Å². The minimum absolute atomic E-state index is 0.222. The van der Waals surface area contributed by atoms with E-state index in [1.54, 1.807) is 29.8 Å². The molecular formula is C19H19FN8O. The molecule has 1 fully saturated rings. The minimum Gasteiger partial charge on any atom is -0.367 e. The average molecular weight is 394 g/mol. The number of aromatic amines is 1. The number of amides is 1. The van der Waals surface area contributed by atoms with E-state index >= 15 is 0 Å². The van der Waals surface area contributed by atoms with Crippen LogP contribution in [0.4, 0.5) is 15.8 Å². The summed E-state index contributed by atoms with van der Waals surface area (Å²) in [6, 6.07) is 4.87. The van der Waals surface area contributed by atoms with Crippen molar-refractivity contribution in [3.05, 3.63) is 47.7 Å². The van der Waals surface area contributed by atoms with Gasteiger partial charge in [-0.15, -0.1) is 0 Å². The quantitative estimate of drug-likeness (QED) is 0.489. The number of rotatable bonds is 3. The van der Waals surface area contributed by atoms with E-state index in [1.165, 1.54) is 6.07 Å². The van der Waals surface area contributed by atoms with Gasteiger partial charge < -0.3 is 19.9 Å². The molecule has 0 bridgehead atoms. The maximum Gasteiger partial charge on any atom is 0.258 e. The van der Waals surface area contributed by atoms with Crippen LogP contribution in [0.15, 0.2) is 30.6 Å². The molecule has 4 heterocycles. The molecule has 0 atom stereocenters. The Morgan fingerprint density at radius 2 is 1.97 bits per heavy atom. The molecule has 5 rings (SSSR count). The average Bonchev–Trinajstić information content (AvgIpc) is 3.34. The predicted octanol–water partition coefficient (Wildman–Crippen LogP) is 1.72. The number of pyridine rings is 1. The van der Waals surface area contributed by atoms with Crippen molar-refractivity contribution in [1.29, 1.82) is 0 Å². The summed E-state index contributed by atoms with van der Waals surface area (Å²) in [4.78, 5) is 19.2. The fraction of sp³-hybridized carbons (Fsp3) is 0.263. The maximum absolute atomic E-state index is 14.3. The molecule has 0 saturated carbocycles. The number of carbonyl (C=O) groups excluding carboxylic acids is 1. The van der Waals surface area contributed by atoms with Crippen LogP contribution in [0.2, 0.25) is 0 Å². The van der Waals surface area contributed by atoms with E-state index in [4.69, 9.17) is 0 Å². The molecule has 9 nitrogen and oxygen atoms in total. The molecule has 29 heavy (non-hydrogen) atoms. The van der Waals surface area contributed by atoms with Crippen molar-refractivity contribution < 1.29 is 9.18 Å². The van der Waals surface area contributed by atoms with Crippen LogP contribution in [-0.4, -0.2) is 56.9 Å². The summed E-state index contributed by atoms with van der Waals surface area (Å²) in [5.41, 5.74) is 3.69. The zero-order valence-corrected chi connectivity index (χ0v) is 15.7. The molecule has 0 aliphatic carbocycles. The van der Waals surface area contributed by atoms with Crippen molar-refractivity contribution in [2.75, 3.05) is 36.4 Å². The number of halogens is 1. The molecule has 4 aromatic rings. The third-order valence-electron chi connectivity index (χ3n) is 5.04. The van der Waals surface area contributed by atoms with Crippen LogP contribution in [0.1, 0.15) is 16.1 Å². The molecule has 1 aliphatic heterocycles.